The minimum absolute atomic E-state index is 0.133. The molecule has 0 radical (unpaired) electrons. The maximum Gasteiger partial charge on any atom is 0.266 e. The number of halogens is 3. The molecule has 1 aliphatic rings. The van der Waals surface area contributed by atoms with Crippen LogP contribution >= 0.6 is 46.0 Å². The Hall–Kier alpha value is -2.56. The molecule has 0 unspecified atom stereocenters. The molecule has 0 aromatic heterocycles. The summed E-state index contributed by atoms with van der Waals surface area (Å²) in [5, 5.41) is 1.19. The van der Waals surface area contributed by atoms with Gasteiger partial charge in [-0.05, 0) is 95.4 Å². The van der Waals surface area contributed by atoms with Gasteiger partial charge < -0.3 is 9.47 Å². The molecule has 0 spiro atoms. The zero-order valence-electron chi connectivity index (χ0n) is 18.9. The monoisotopic (exact) mass is 622 g/mol. The molecule has 35 heavy (non-hydrogen) atoms. The average Bonchev–Trinajstić information content (AvgIpc) is 3.14. The second kappa shape index (κ2) is 11.5. The first kappa shape index (κ1) is 25.5. The van der Waals surface area contributed by atoms with Crippen molar-refractivity contribution in [2.24, 2.45) is 4.99 Å². The van der Waals surface area contributed by atoms with E-state index in [0.29, 0.717) is 45.4 Å². The van der Waals surface area contributed by atoms with Crippen LogP contribution in [0.1, 0.15) is 18.1 Å². The highest BCUT2D eigenvalue weighted by atomic mass is 127. The number of ether oxygens (including phenoxy) is 2. The zero-order valence-corrected chi connectivity index (χ0v) is 22.7. The number of thioether (sulfide) groups is 1. The number of aliphatic imine (C=N–C) groups is 1. The van der Waals surface area contributed by atoms with E-state index in [1.165, 1.54) is 23.9 Å². The number of amides is 1. The number of benzene rings is 3. The lowest BCUT2D eigenvalue weighted by Gasteiger charge is -2.14. The smallest absolute Gasteiger partial charge is 0.266 e. The molecule has 1 aliphatic heterocycles. The van der Waals surface area contributed by atoms with Gasteiger partial charge in [0, 0.05) is 17.1 Å². The number of nitrogens with zero attached hydrogens (tertiary/aromatic N) is 2. The van der Waals surface area contributed by atoms with Crippen LogP contribution in [0, 0.1) is 9.39 Å². The highest BCUT2D eigenvalue weighted by molar-refractivity contribution is 14.1. The number of methoxy groups -OCH3 is 1. The first-order chi connectivity index (χ1) is 16.9. The van der Waals surface area contributed by atoms with Gasteiger partial charge in [-0.15, -0.1) is 0 Å². The van der Waals surface area contributed by atoms with E-state index in [0.717, 1.165) is 14.7 Å². The van der Waals surface area contributed by atoms with Crippen molar-refractivity contribution in [3.8, 4) is 11.5 Å². The summed E-state index contributed by atoms with van der Waals surface area (Å²) in [6.45, 7) is 2.66. The van der Waals surface area contributed by atoms with E-state index in [-0.39, 0.29) is 11.7 Å². The molecule has 1 heterocycles. The van der Waals surface area contributed by atoms with Crippen molar-refractivity contribution < 1.29 is 18.7 Å². The fraction of sp³-hybridized carbons (Fsp3) is 0.154. The average molecular weight is 623 g/mol. The fourth-order valence-corrected chi connectivity index (χ4v) is 5.41. The van der Waals surface area contributed by atoms with Crippen molar-refractivity contribution in [2.75, 3.05) is 13.7 Å². The third kappa shape index (κ3) is 5.99. The summed E-state index contributed by atoms with van der Waals surface area (Å²) < 4.78 is 25.7. The Bertz CT molecular complexity index is 1310. The van der Waals surface area contributed by atoms with E-state index in [9.17, 15) is 9.18 Å². The minimum atomic E-state index is -0.333. The van der Waals surface area contributed by atoms with Gasteiger partial charge in [-0.3, -0.25) is 9.69 Å². The van der Waals surface area contributed by atoms with Gasteiger partial charge in [-0.25, -0.2) is 9.38 Å². The van der Waals surface area contributed by atoms with Gasteiger partial charge in [0.05, 0.1) is 21.3 Å². The molecule has 0 aliphatic carbocycles. The molecule has 3 aromatic carbocycles. The normalized spacial score (nSPS) is 15.8. The van der Waals surface area contributed by atoms with E-state index < -0.39 is 0 Å². The van der Waals surface area contributed by atoms with Gasteiger partial charge in [-0.1, -0.05) is 29.8 Å². The minimum Gasteiger partial charge on any atom is -0.493 e. The Morgan fingerprint density at radius 2 is 1.91 bits per heavy atom. The van der Waals surface area contributed by atoms with Crippen molar-refractivity contribution in [2.45, 2.75) is 13.5 Å². The molecule has 3 aromatic rings. The standard InChI is InChI=1S/C26H21ClFIN2O3S/c1-3-31-25(32)23(35-26(31)30-19-10-8-18(28)9-11-19)14-16-12-21(29)24(22(13-16)33-2)34-15-17-6-4-5-7-20(17)27/h4-14H,3,15H2,1-2H3/b23-14+,30-26?. The Morgan fingerprint density at radius 3 is 2.60 bits per heavy atom. The number of carbonyl (C=O) groups excluding carboxylic acids is 1. The fourth-order valence-electron chi connectivity index (χ4n) is 3.38. The van der Waals surface area contributed by atoms with Crippen LogP contribution < -0.4 is 9.47 Å². The predicted molar refractivity (Wildman–Crippen MR) is 148 cm³/mol. The van der Waals surface area contributed by atoms with Crippen LogP contribution in [0.3, 0.4) is 0 Å². The number of hydrogen-bond donors (Lipinski definition) is 0. The maximum atomic E-state index is 13.2. The van der Waals surface area contributed by atoms with Gasteiger partial charge >= 0.3 is 0 Å². The SMILES string of the molecule is CCN1C(=O)/C(=C\c2cc(I)c(OCc3ccccc3Cl)c(OC)c2)SC1=Nc1ccc(F)cc1. The highest BCUT2D eigenvalue weighted by Gasteiger charge is 2.32. The van der Waals surface area contributed by atoms with E-state index in [1.807, 2.05) is 49.4 Å². The van der Waals surface area contributed by atoms with Gasteiger partial charge in [0.25, 0.3) is 5.91 Å². The summed E-state index contributed by atoms with van der Waals surface area (Å²) in [7, 11) is 1.58. The summed E-state index contributed by atoms with van der Waals surface area (Å²) in [5.74, 6) is 0.694. The zero-order chi connectivity index (χ0) is 24.9. The third-order valence-electron chi connectivity index (χ3n) is 5.14. The topological polar surface area (TPSA) is 51.1 Å². The van der Waals surface area contributed by atoms with Crippen LogP contribution in [-0.4, -0.2) is 29.6 Å². The van der Waals surface area contributed by atoms with Crippen LogP contribution in [0.5, 0.6) is 11.5 Å². The Kier molecular flexibility index (Phi) is 8.35. The van der Waals surface area contributed by atoms with Crippen LogP contribution in [0.2, 0.25) is 5.02 Å². The van der Waals surface area contributed by atoms with Gasteiger partial charge in [0.15, 0.2) is 16.7 Å². The molecule has 1 saturated heterocycles. The lowest BCUT2D eigenvalue weighted by atomic mass is 10.1. The first-order valence-corrected chi connectivity index (χ1v) is 13.0. The van der Waals surface area contributed by atoms with Crippen LogP contribution in [0.4, 0.5) is 10.1 Å². The second-order valence-electron chi connectivity index (χ2n) is 7.45. The molecule has 0 N–H and O–H groups in total. The van der Waals surface area contributed by atoms with Gasteiger partial charge in [0.1, 0.15) is 12.4 Å². The number of likely N-dealkylation sites (N-methyl/N-ethyl adjacent to an activating group) is 1. The predicted octanol–water partition coefficient (Wildman–Crippen LogP) is 7.30. The number of rotatable bonds is 7. The molecular weight excluding hydrogens is 602 g/mol. The van der Waals surface area contributed by atoms with E-state index in [2.05, 4.69) is 27.6 Å². The van der Waals surface area contributed by atoms with Crippen LogP contribution in [0.25, 0.3) is 6.08 Å². The van der Waals surface area contributed by atoms with Gasteiger partial charge in [-0.2, -0.15) is 0 Å². The molecular formula is C26H21ClFIN2O3S. The van der Waals surface area contributed by atoms with Crippen LogP contribution in [0.15, 0.2) is 70.6 Å². The van der Waals surface area contributed by atoms with Crippen molar-refractivity contribution in [1.82, 2.24) is 4.90 Å². The van der Waals surface area contributed by atoms with E-state index in [4.69, 9.17) is 21.1 Å². The van der Waals surface area contributed by atoms with Crippen molar-refractivity contribution in [3.63, 3.8) is 0 Å². The number of hydrogen-bond acceptors (Lipinski definition) is 5. The molecule has 0 bridgehead atoms. The van der Waals surface area contributed by atoms with Crippen molar-refractivity contribution in [1.29, 1.82) is 0 Å². The molecule has 9 heteroatoms. The Labute approximate surface area is 226 Å². The summed E-state index contributed by atoms with van der Waals surface area (Å²) in [4.78, 5) is 19.7. The lowest BCUT2D eigenvalue weighted by Crippen LogP contribution is -2.28. The second-order valence-corrected chi connectivity index (χ2v) is 10.0. The molecule has 0 atom stereocenters. The first-order valence-electron chi connectivity index (χ1n) is 10.7. The third-order valence-corrected chi connectivity index (χ3v) is 7.31. The highest BCUT2D eigenvalue weighted by Crippen LogP contribution is 2.38. The van der Waals surface area contributed by atoms with Crippen LogP contribution in [-0.2, 0) is 11.4 Å². The number of carbonyl (C=O) groups is 1. The summed E-state index contributed by atoms with van der Waals surface area (Å²) in [6, 6.07) is 17.1. The molecule has 4 rings (SSSR count). The largest absolute Gasteiger partial charge is 0.493 e. The quantitative estimate of drug-likeness (QED) is 0.205. The van der Waals surface area contributed by atoms with E-state index in [1.54, 1.807) is 24.1 Å². The van der Waals surface area contributed by atoms with Crippen molar-refractivity contribution in [3.05, 3.63) is 91.1 Å². The summed E-state index contributed by atoms with van der Waals surface area (Å²) in [5.41, 5.74) is 2.25. The Balaban J connectivity index is 1.59. The van der Waals surface area contributed by atoms with E-state index >= 15 is 0 Å². The molecule has 1 amide bonds. The maximum absolute atomic E-state index is 13.2. The summed E-state index contributed by atoms with van der Waals surface area (Å²) in [6.07, 6.45) is 1.81. The lowest BCUT2D eigenvalue weighted by molar-refractivity contribution is -0.122. The Morgan fingerprint density at radius 1 is 1.17 bits per heavy atom. The molecule has 5 nitrogen and oxygen atoms in total. The molecule has 180 valence electrons. The number of amidine groups is 1. The summed E-state index contributed by atoms with van der Waals surface area (Å²) >= 11 is 9.72. The molecule has 1 fully saturated rings. The van der Waals surface area contributed by atoms with Crippen molar-refractivity contribution >= 4 is 68.8 Å². The molecule has 0 saturated carbocycles. The van der Waals surface area contributed by atoms with Gasteiger partial charge in [0.2, 0.25) is 0 Å².